The lowest BCUT2D eigenvalue weighted by molar-refractivity contribution is -0.141. The lowest BCUT2D eigenvalue weighted by Crippen LogP contribution is -2.34. The van der Waals surface area contributed by atoms with E-state index >= 15 is 0 Å². The Bertz CT molecular complexity index is 618. The van der Waals surface area contributed by atoms with Crippen LogP contribution in [0.2, 0.25) is 10.0 Å². The van der Waals surface area contributed by atoms with Crippen molar-refractivity contribution in [2.24, 2.45) is 0 Å². The van der Waals surface area contributed by atoms with Crippen molar-refractivity contribution in [2.75, 3.05) is 40.8 Å². The molecule has 0 saturated carbocycles. The van der Waals surface area contributed by atoms with Gasteiger partial charge in [-0.15, -0.1) is 0 Å². The zero-order valence-electron chi connectivity index (χ0n) is 14.8. The topological polar surface area (TPSA) is 49.9 Å². The van der Waals surface area contributed by atoms with E-state index in [4.69, 9.17) is 23.2 Å². The fraction of sp³-hybridized carbons (Fsp3) is 0.444. The van der Waals surface area contributed by atoms with Crippen molar-refractivity contribution in [1.82, 2.24) is 9.80 Å². The summed E-state index contributed by atoms with van der Waals surface area (Å²) in [7, 11) is 5.29. The summed E-state index contributed by atoms with van der Waals surface area (Å²) in [6, 6.07) is 5.09. The van der Waals surface area contributed by atoms with Gasteiger partial charge in [0.25, 0.3) is 0 Å². The Morgan fingerprint density at radius 3 is 2.48 bits per heavy atom. The Labute approximate surface area is 159 Å². The summed E-state index contributed by atoms with van der Waals surface area (Å²) in [4.78, 5) is 27.5. The van der Waals surface area contributed by atoms with E-state index in [-0.39, 0.29) is 18.3 Å². The number of hydrogen-bond donors (Lipinski definition) is 0. The van der Waals surface area contributed by atoms with Gasteiger partial charge in [0.2, 0.25) is 5.91 Å². The number of hydrogen-bond acceptors (Lipinski definition) is 4. The van der Waals surface area contributed by atoms with Crippen molar-refractivity contribution in [1.29, 1.82) is 0 Å². The van der Waals surface area contributed by atoms with E-state index in [0.717, 1.165) is 13.0 Å². The fourth-order valence-electron chi connectivity index (χ4n) is 2.14. The second-order valence-corrected chi connectivity index (χ2v) is 6.65. The number of halogens is 2. The number of nitrogens with zero attached hydrogens (tertiary/aromatic N) is 2. The number of carbonyl (C=O) groups is 2. The van der Waals surface area contributed by atoms with Gasteiger partial charge in [-0.2, -0.15) is 0 Å². The van der Waals surface area contributed by atoms with Crippen LogP contribution in [0.25, 0.3) is 6.08 Å². The van der Waals surface area contributed by atoms with Gasteiger partial charge in [0.05, 0.1) is 13.5 Å². The molecule has 0 aliphatic rings. The summed E-state index contributed by atoms with van der Waals surface area (Å²) in [5, 5.41) is 1.02. The SMILES string of the molecule is COC(=O)CCN(CCCN(C)C)C(=O)/C=C/c1ccc(Cl)cc1Cl. The zero-order valence-corrected chi connectivity index (χ0v) is 16.3. The normalized spacial score (nSPS) is 11.1. The van der Waals surface area contributed by atoms with E-state index in [9.17, 15) is 9.59 Å². The number of rotatable bonds is 9. The molecule has 0 atom stereocenters. The molecule has 0 aliphatic heterocycles. The summed E-state index contributed by atoms with van der Waals surface area (Å²) >= 11 is 12.0. The van der Waals surface area contributed by atoms with Gasteiger partial charge in [-0.1, -0.05) is 29.3 Å². The van der Waals surface area contributed by atoms with E-state index in [1.807, 2.05) is 19.0 Å². The molecule has 5 nitrogen and oxygen atoms in total. The minimum atomic E-state index is -0.338. The van der Waals surface area contributed by atoms with Crippen LogP contribution in [0.4, 0.5) is 0 Å². The quantitative estimate of drug-likeness (QED) is 0.482. The standard InChI is InChI=1S/C18H24Cl2N2O3/c1-21(2)10-4-11-22(12-9-18(24)25-3)17(23)8-6-14-5-7-15(19)13-16(14)20/h5-8,13H,4,9-12H2,1-3H3/b8-6+. The van der Waals surface area contributed by atoms with Crippen LogP contribution >= 0.6 is 23.2 Å². The monoisotopic (exact) mass is 386 g/mol. The second-order valence-electron chi connectivity index (χ2n) is 5.81. The molecule has 7 heteroatoms. The summed E-state index contributed by atoms with van der Waals surface area (Å²) in [6.45, 7) is 1.74. The van der Waals surface area contributed by atoms with Gasteiger partial charge >= 0.3 is 5.97 Å². The highest BCUT2D eigenvalue weighted by molar-refractivity contribution is 6.35. The number of amides is 1. The van der Waals surface area contributed by atoms with Crippen LogP contribution < -0.4 is 0 Å². The summed E-state index contributed by atoms with van der Waals surface area (Å²) in [6.07, 6.45) is 4.09. The van der Waals surface area contributed by atoms with Crippen LogP contribution in [0, 0.1) is 0 Å². The van der Waals surface area contributed by atoms with Gasteiger partial charge in [0, 0.05) is 29.2 Å². The molecule has 0 radical (unpaired) electrons. The Hall–Kier alpha value is -1.56. The first-order valence-electron chi connectivity index (χ1n) is 7.97. The van der Waals surface area contributed by atoms with Crippen molar-refractivity contribution in [3.8, 4) is 0 Å². The molecular weight excluding hydrogens is 363 g/mol. The Morgan fingerprint density at radius 1 is 1.16 bits per heavy atom. The summed E-state index contributed by atoms with van der Waals surface area (Å²) in [5.41, 5.74) is 0.709. The average Bonchev–Trinajstić information content (AvgIpc) is 2.56. The molecule has 0 heterocycles. The number of carbonyl (C=O) groups excluding carboxylic acids is 2. The van der Waals surface area contributed by atoms with Crippen LogP contribution in [0.1, 0.15) is 18.4 Å². The van der Waals surface area contributed by atoms with Crippen LogP contribution in [0.15, 0.2) is 24.3 Å². The minimum absolute atomic E-state index is 0.166. The average molecular weight is 387 g/mol. The minimum Gasteiger partial charge on any atom is -0.469 e. The maximum Gasteiger partial charge on any atom is 0.307 e. The van der Waals surface area contributed by atoms with Crippen molar-refractivity contribution < 1.29 is 14.3 Å². The van der Waals surface area contributed by atoms with Crippen molar-refractivity contribution in [2.45, 2.75) is 12.8 Å². The number of benzene rings is 1. The first-order chi connectivity index (χ1) is 11.8. The maximum atomic E-state index is 12.5. The summed E-state index contributed by atoms with van der Waals surface area (Å²) in [5.74, 6) is -0.510. The van der Waals surface area contributed by atoms with Gasteiger partial charge in [-0.05, 0) is 50.8 Å². The van der Waals surface area contributed by atoms with E-state index in [2.05, 4.69) is 4.74 Å². The molecule has 0 aromatic heterocycles. The Morgan fingerprint density at radius 2 is 1.88 bits per heavy atom. The van der Waals surface area contributed by atoms with Crippen LogP contribution in [-0.4, -0.2) is 62.5 Å². The predicted octanol–water partition coefficient (Wildman–Crippen LogP) is 3.35. The third kappa shape index (κ3) is 8.38. The first-order valence-corrected chi connectivity index (χ1v) is 8.72. The number of esters is 1. The van der Waals surface area contributed by atoms with E-state index in [0.29, 0.717) is 28.7 Å². The Kier molecular flexibility index (Phi) is 9.57. The number of ether oxygens (including phenoxy) is 1. The molecule has 0 N–H and O–H groups in total. The van der Waals surface area contributed by atoms with Crippen molar-refractivity contribution >= 4 is 41.2 Å². The maximum absolute atomic E-state index is 12.5. The first kappa shape index (κ1) is 21.5. The van der Waals surface area contributed by atoms with Crippen molar-refractivity contribution in [3.05, 3.63) is 39.9 Å². The van der Waals surface area contributed by atoms with E-state index in [1.165, 1.54) is 13.2 Å². The number of methoxy groups -OCH3 is 1. The Balaban J connectivity index is 2.74. The highest BCUT2D eigenvalue weighted by Crippen LogP contribution is 2.22. The molecule has 0 fully saturated rings. The van der Waals surface area contributed by atoms with E-state index in [1.54, 1.807) is 29.2 Å². The molecule has 0 saturated heterocycles. The zero-order chi connectivity index (χ0) is 18.8. The molecule has 138 valence electrons. The largest absolute Gasteiger partial charge is 0.469 e. The molecule has 0 aliphatic carbocycles. The van der Waals surface area contributed by atoms with Gasteiger partial charge in [0.1, 0.15) is 0 Å². The fourth-order valence-corrected chi connectivity index (χ4v) is 2.61. The van der Waals surface area contributed by atoms with Gasteiger partial charge in [0.15, 0.2) is 0 Å². The van der Waals surface area contributed by atoms with Crippen molar-refractivity contribution in [3.63, 3.8) is 0 Å². The predicted molar refractivity (Wildman–Crippen MR) is 102 cm³/mol. The molecule has 1 aromatic rings. The van der Waals surface area contributed by atoms with Gasteiger partial charge in [-0.25, -0.2) is 0 Å². The highest BCUT2D eigenvalue weighted by atomic mass is 35.5. The lowest BCUT2D eigenvalue weighted by atomic mass is 10.2. The summed E-state index contributed by atoms with van der Waals surface area (Å²) < 4.78 is 4.65. The smallest absolute Gasteiger partial charge is 0.307 e. The molecule has 1 rings (SSSR count). The second kappa shape index (κ2) is 11.1. The van der Waals surface area contributed by atoms with Crippen LogP contribution in [0.5, 0.6) is 0 Å². The lowest BCUT2D eigenvalue weighted by Gasteiger charge is -2.21. The van der Waals surface area contributed by atoms with Gasteiger partial charge < -0.3 is 14.5 Å². The molecule has 0 bridgehead atoms. The third-order valence-electron chi connectivity index (χ3n) is 3.53. The molecule has 1 amide bonds. The molecule has 0 unspecified atom stereocenters. The third-order valence-corrected chi connectivity index (χ3v) is 4.09. The molecule has 25 heavy (non-hydrogen) atoms. The molecule has 1 aromatic carbocycles. The van der Waals surface area contributed by atoms with Gasteiger partial charge in [-0.3, -0.25) is 9.59 Å². The molecular formula is C18H24Cl2N2O3. The van der Waals surface area contributed by atoms with Crippen LogP contribution in [0.3, 0.4) is 0 Å². The molecule has 0 spiro atoms. The highest BCUT2D eigenvalue weighted by Gasteiger charge is 2.13. The van der Waals surface area contributed by atoms with Crippen LogP contribution in [-0.2, 0) is 14.3 Å². The van der Waals surface area contributed by atoms with E-state index < -0.39 is 0 Å².